The normalized spacial score (nSPS) is 16.8. The number of amides is 1. The molecule has 3 aromatic rings. The molecule has 4 rings (SSSR count). The molecule has 0 unspecified atom stereocenters. The second-order valence-electron chi connectivity index (χ2n) is 8.75. The van der Waals surface area contributed by atoms with Crippen molar-refractivity contribution in [1.82, 2.24) is 10.2 Å². The lowest BCUT2D eigenvalue weighted by Gasteiger charge is -2.40. The van der Waals surface area contributed by atoms with Gasteiger partial charge >= 0.3 is 6.18 Å². The van der Waals surface area contributed by atoms with E-state index >= 15 is 0 Å². The minimum atomic E-state index is -4.40. The first kappa shape index (κ1) is 26.3. The lowest BCUT2D eigenvalue weighted by molar-refractivity contribution is -0.137. The fourth-order valence-electron chi connectivity index (χ4n) is 4.75. The number of carbonyl (C=O) groups is 1. The quantitative estimate of drug-likeness (QED) is 0.435. The molecule has 0 bridgehead atoms. The fourth-order valence-corrected chi connectivity index (χ4v) is 4.75. The first-order valence-corrected chi connectivity index (χ1v) is 11.9. The van der Waals surface area contributed by atoms with E-state index in [2.05, 4.69) is 10.2 Å². The highest BCUT2D eigenvalue weighted by molar-refractivity contribution is 5.83. The standard InChI is InChI=1S/C29H29F3N2O3/c1-33-28(35)27(20-7-5-4-6-8-20)34-16-15-21-17-25(36-2)26(37-3)18-23(21)24(34)14-11-19-9-12-22(13-10-19)29(30,31)32/h4-14,17-18,24,27H,15-16H2,1-3H3,(H,33,35)/b14-11+/t24-,27+/m0/s1. The van der Waals surface area contributed by atoms with Gasteiger partial charge in [0.05, 0.1) is 25.8 Å². The molecule has 0 aliphatic carbocycles. The smallest absolute Gasteiger partial charge is 0.416 e. The zero-order chi connectivity index (χ0) is 26.6. The van der Waals surface area contributed by atoms with Crippen molar-refractivity contribution in [2.75, 3.05) is 27.8 Å². The summed E-state index contributed by atoms with van der Waals surface area (Å²) in [5, 5.41) is 2.78. The predicted molar refractivity (Wildman–Crippen MR) is 136 cm³/mol. The first-order valence-electron chi connectivity index (χ1n) is 11.9. The fraction of sp³-hybridized carbons (Fsp3) is 0.276. The second kappa shape index (κ2) is 11.1. The summed E-state index contributed by atoms with van der Waals surface area (Å²) in [6.45, 7) is 0.581. The van der Waals surface area contributed by atoms with Gasteiger partial charge in [0, 0.05) is 13.6 Å². The number of hydrogen-bond acceptors (Lipinski definition) is 4. The zero-order valence-electron chi connectivity index (χ0n) is 20.9. The lowest BCUT2D eigenvalue weighted by Crippen LogP contribution is -2.44. The van der Waals surface area contributed by atoms with Crippen molar-refractivity contribution < 1.29 is 27.4 Å². The number of hydrogen-bond donors (Lipinski definition) is 1. The molecule has 1 amide bonds. The van der Waals surface area contributed by atoms with Crippen LogP contribution in [0.2, 0.25) is 0 Å². The number of nitrogens with one attached hydrogen (secondary N) is 1. The summed E-state index contributed by atoms with van der Waals surface area (Å²) in [6, 6.07) is 17.5. The molecule has 0 fully saturated rings. The number of benzene rings is 3. The molecule has 1 N–H and O–H groups in total. The molecule has 0 aromatic heterocycles. The minimum absolute atomic E-state index is 0.150. The predicted octanol–water partition coefficient (Wildman–Crippen LogP) is 5.82. The number of rotatable bonds is 7. The summed E-state index contributed by atoms with van der Waals surface area (Å²) in [7, 11) is 4.75. The van der Waals surface area contributed by atoms with Gasteiger partial charge in [0.15, 0.2) is 11.5 Å². The Bertz CT molecular complexity index is 1260. The molecule has 0 saturated heterocycles. The molecule has 0 saturated carbocycles. The van der Waals surface area contributed by atoms with E-state index in [0.29, 0.717) is 30.0 Å². The van der Waals surface area contributed by atoms with Crippen LogP contribution in [0.5, 0.6) is 11.5 Å². The topological polar surface area (TPSA) is 50.8 Å². The monoisotopic (exact) mass is 510 g/mol. The van der Waals surface area contributed by atoms with Gasteiger partial charge in [-0.2, -0.15) is 13.2 Å². The number of ether oxygens (including phenoxy) is 2. The number of alkyl halides is 3. The Hall–Kier alpha value is -3.78. The summed E-state index contributed by atoms with van der Waals surface area (Å²) in [4.78, 5) is 15.3. The largest absolute Gasteiger partial charge is 0.493 e. The van der Waals surface area contributed by atoms with E-state index in [-0.39, 0.29) is 11.9 Å². The Kier molecular flexibility index (Phi) is 7.88. The van der Waals surface area contributed by atoms with Crippen LogP contribution >= 0.6 is 0 Å². The van der Waals surface area contributed by atoms with Crippen LogP contribution in [0.3, 0.4) is 0 Å². The van der Waals surface area contributed by atoms with Crippen LogP contribution in [0.25, 0.3) is 6.08 Å². The molecular weight excluding hydrogens is 481 g/mol. The van der Waals surface area contributed by atoms with Crippen molar-refractivity contribution >= 4 is 12.0 Å². The van der Waals surface area contributed by atoms with Crippen LogP contribution in [-0.4, -0.2) is 38.6 Å². The molecular formula is C29H29F3N2O3. The minimum Gasteiger partial charge on any atom is -0.493 e. The van der Waals surface area contributed by atoms with Gasteiger partial charge < -0.3 is 14.8 Å². The van der Waals surface area contributed by atoms with Crippen molar-refractivity contribution in [3.8, 4) is 11.5 Å². The van der Waals surface area contributed by atoms with E-state index in [9.17, 15) is 18.0 Å². The Morgan fingerprint density at radius 2 is 1.68 bits per heavy atom. The Labute approximate surface area is 214 Å². The number of carbonyl (C=O) groups excluding carboxylic acids is 1. The Balaban J connectivity index is 1.80. The maximum absolute atomic E-state index is 13.2. The van der Waals surface area contributed by atoms with Crippen LogP contribution in [-0.2, 0) is 17.4 Å². The highest BCUT2D eigenvalue weighted by Crippen LogP contribution is 2.42. The van der Waals surface area contributed by atoms with Gasteiger partial charge in [0.1, 0.15) is 6.04 Å². The van der Waals surface area contributed by atoms with Crippen LogP contribution in [0.1, 0.15) is 39.9 Å². The Morgan fingerprint density at radius 1 is 1.03 bits per heavy atom. The summed E-state index contributed by atoms with van der Waals surface area (Å²) in [6.07, 6.45) is -0.00502. The Morgan fingerprint density at radius 3 is 2.27 bits per heavy atom. The van der Waals surface area contributed by atoms with Gasteiger partial charge in [-0.3, -0.25) is 9.69 Å². The van der Waals surface area contributed by atoms with E-state index in [1.807, 2.05) is 48.5 Å². The second-order valence-corrected chi connectivity index (χ2v) is 8.75. The number of fused-ring (bicyclic) bond motifs is 1. The molecule has 5 nitrogen and oxygen atoms in total. The van der Waals surface area contributed by atoms with Gasteiger partial charge in [0.2, 0.25) is 5.91 Å². The van der Waals surface area contributed by atoms with Crippen molar-refractivity contribution in [3.63, 3.8) is 0 Å². The molecule has 1 aliphatic rings. The number of methoxy groups -OCH3 is 2. The van der Waals surface area contributed by atoms with Crippen LogP contribution in [0, 0.1) is 0 Å². The molecule has 194 valence electrons. The van der Waals surface area contributed by atoms with Crippen molar-refractivity contribution in [3.05, 3.63) is 101 Å². The highest BCUT2D eigenvalue weighted by atomic mass is 19.4. The number of likely N-dealkylation sites (N-methyl/N-ethyl adjacent to an activating group) is 1. The molecule has 3 aromatic carbocycles. The van der Waals surface area contributed by atoms with Gasteiger partial charge in [-0.1, -0.05) is 54.6 Å². The molecule has 0 radical (unpaired) electrons. The third-order valence-corrected chi connectivity index (χ3v) is 6.61. The van der Waals surface area contributed by atoms with Crippen LogP contribution < -0.4 is 14.8 Å². The number of nitrogens with zero attached hydrogens (tertiary/aromatic N) is 1. The lowest BCUT2D eigenvalue weighted by atomic mass is 9.88. The van der Waals surface area contributed by atoms with Crippen LogP contribution in [0.4, 0.5) is 13.2 Å². The van der Waals surface area contributed by atoms with E-state index in [1.165, 1.54) is 12.1 Å². The summed E-state index contributed by atoms with van der Waals surface area (Å²) in [5.74, 6) is 1.03. The van der Waals surface area contributed by atoms with Gasteiger partial charge in [0.25, 0.3) is 0 Å². The van der Waals surface area contributed by atoms with E-state index < -0.39 is 17.8 Å². The maximum atomic E-state index is 13.2. The molecule has 1 aliphatic heterocycles. The van der Waals surface area contributed by atoms with Crippen molar-refractivity contribution in [1.29, 1.82) is 0 Å². The van der Waals surface area contributed by atoms with E-state index in [1.54, 1.807) is 27.3 Å². The highest BCUT2D eigenvalue weighted by Gasteiger charge is 2.36. The third-order valence-electron chi connectivity index (χ3n) is 6.61. The summed E-state index contributed by atoms with van der Waals surface area (Å²) < 4.78 is 50.1. The SMILES string of the molecule is CNC(=O)[C@@H](c1ccccc1)N1CCc2cc(OC)c(OC)cc2[C@@H]1/C=C/c1ccc(C(F)(F)F)cc1. The van der Waals surface area contributed by atoms with E-state index in [4.69, 9.17) is 9.47 Å². The van der Waals surface area contributed by atoms with Crippen molar-refractivity contribution in [2.45, 2.75) is 24.7 Å². The van der Waals surface area contributed by atoms with Crippen LogP contribution in [0.15, 0.2) is 72.8 Å². The first-order chi connectivity index (χ1) is 17.8. The molecule has 37 heavy (non-hydrogen) atoms. The summed E-state index contributed by atoms with van der Waals surface area (Å²) in [5.41, 5.74) is 2.77. The van der Waals surface area contributed by atoms with Gasteiger partial charge in [-0.25, -0.2) is 0 Å². The van der Waals surface area contributed by atoms with E-state index in [0.717, 1.165) is 28.8 Å². The maximum Gasteiger partial charge on any atom is 0.416 e. The zero-order valence-corrected chi connectivity index (χ0v) is 20.9. The van der Waals surface area contributed by atoms with Crippen molar-refractivity contribution in [2.24, 2.45) is 0 Å². The molecule has 8 heteroatoms. The van der Waals surface area contributed by atoms with Gasteiger partial charge in [-0.15, -0.1) is 0 Å². The average molecular weight is 511 g/mol. The number of halogens is 3. The average Bonchev–Trinajstić information content (AvgIpc) is 2.91. The molecule has 2 atom stereocenters. The summed E-state index contributed by atoms with van der Waals surface area (Å²) >= 11 is 0. The molecule has 1 heterocycles. The molecule has 0 spiro atoms. The third kappa shape index (κ3) is 5.64. The van der Waals surface area contributed by atoms with Gasteiger partial charge in [-0.05, 0) is 52.9 Å².